The van der Waals surface area contributed by atoms with Crippen molar-refractivity contribution in [2.75, 3.05) is 9.80 Å². The van der Waals surface area contributed by atoms with Crippen LogP contribution in [0.15, 0.2) is 152 Å². The van der Waals surface area contributed by atoms with E-state index in [0.29, 0.717) is 5.56 Å². The Morgan fingerprint density at radius 2 is 0.768 bits per heavy atom. The standard InChI is InChI=1S/C53H60N2O/c1-5-9-14-41(7-3)38-43-18-28-49(29-19-43)55(50-30-20-44(21-31-50)39-42(8-4)15-10-6-2)53-36-26-47(27-37-53)46-24-34-52(35-25-46)54(48-16-12-11-13-17-48)51-32-22-45(40-56)23-33-51/h11-13,16-37,40-42H,5-10,14-15,38-39H2,1-4H3. The fraction of sp³-hybridized carbons (Fsp3) is 0.302. The maximum absolute atomic E-state index is 11.3. The third-order valence-corrected chi connectivity index (χ3v) is 11.4. The van der Waals surface area contributed by atoms with E-state index in [1.165, 1.54) is 79.4 Å². The number of hydrogen-bond acceptors (Lipinski definition) is 3. The smallest absolute Gasteiger partial charge is 0.150 e. The predicted octanol–water partition coefficient (Wildman–Crippen LogP) is 15.6. The predicted molar refractivity (Wildman–Crippen MR) is 241 cm³/mol. The summed E-state index contributed by atoms with van der Waals surface area (Å²) in [5.41, 5.74) is 12.5. The summed E-state index contributed by atoms with van der Waals surface area (Å²) in [6.45, 7) is 9.25. The van der Waals surface area contributed by atoms with E-state index in [4.69, 9.17) is 0 Å². The van der Waals surface area contributed by atoms with Crippen LogP contribution in [0.4, 0.5) is 34.1 Å². The molecule has 288 valence electrons. The maximum atomic E-state index is 11.3. The number of benzene rings is 6. The second kappa shape index (κ2) is 20.5. The van der Waals surface area contributed by atoms with Gasteiger partial charge in [-0.2, -0.15) is 0 Å². The topological polar surface area (TPSA) is 23.6 Å². The highest BCUT2D eigenvalue weighted by Crippen LogP contribution is 2.38. The van der Waals surface area contributed by atoms with Gasteiger partial charge in [0.2, 0.25) is 0 Å². The molecule has 2 unspecified atom stereocenters. The number of aldehydes is 1. The number of carbonyl (C=O) groups excluding carboxylic acids is 1. The molecule has 6 aromatic carbocycles. The number of nitrogens with zero attached hydrogens (tertiary/aromatic N) is 2. The fourth-order valence-electron chi connectivity index (χ4n) is 7.89. The Morgan fingerprint density at radius 1 is 0.429 bits per heavy atom. The van der Waals surface area contributed by atoms with E-state index in [0.717, 1.165) is 59.3 Å². The van der Waals surface area contributed by atoms with Gasteiger partial charge >= 0.3 is 0 Å². The van der Waals surface area contributed by atoms with Gasteiger partial charge in [-0.15, -0.1) is 0 Å². The molecule has 0 amide bonds. The van der Waals surface area contributed by atoms with Crippen LogP contribution < -0.4 is 9.80 Å². The van der Waals surface area contributed by atoms with Gasteiger partial charge in [-0.05, 0) is 132 Å². The summed E-state index contributed by atoms with van der Waals surface area (Å²) >= 11 is 0. The molecular weight excluding hydrogens is 681 g/mol. The zero-order chi connectivity index (χ0) is 39.1. The van der Waals surface area contributed by atoms with Crippen LogP contribution >= 0.6 is 0 Å². The summed E-state index contributed by atoms with van der Waals surface area (Å²) in [6, 6.07) is 54.5. The minimum Gasteiger partial charge on any atom is -0.311 e. The van der Waals surface area contributed by atoms with Crippen LogP contribution in [0.25, 0.3) is 11.1 Å². The molecule has 6 aromatic rings. The van der Waals surface area contributed by atoms with Gasteiger partial charge in [0.1, 0.15) is 6.29 Å². The minimum atomic E-state index is 0.666. The summed E-state index contributed by atoms with van der Waals surface area (Å²) in [5, 5.41) is 0. The average molecular weight is 741 g/mol. The van der Waals surface area contributed by atoms with Crippen molar-refractivity contribution in [2.24, 2.45) is 11.8 Å². The molecular formula is C53H60N2O. The zero-order valence-corrected chi connectivity index (χ0v) is 34.0. The summed E-state index contributed by atoms with van der Waals surface area (Å²) in [4.78, 5) is 16.0. The van der Waals surface area contributed by atoms with E-state index in [2.05, 4.69) is 159 Å². The van der Waals surface area contributed by atoms with Crippen LogP contribution in [-0.2, 0) is 12.8 Å². The van der Waals surface area contributed by atoms with Crippen LogP contribution in [0.3, 0.4) is 0 Å². The minimum absolute atomic E-state index is 0.666. The molecule has 0 saturated carbocycles. The first-order valence-corrected chi connectivity index (χ1v) is 21.1. The quantitative estimate of drug-likeness (QED) is 0.0728. The van der Waals surface area contributed by atoms with Crippen molar-refractivity contribution in [3.63, 3.8) is 0 Å². The molecule has 0 aliphatic heterocycles. The van der Waals surface area contributed by atoms with E-state index < -0.39 is 0 Å². The van der Waals surface area contributed by atoms with Crippen LogP contribution in [0.2, 0.25) is 0 Å². The molecule has 0 heterocycles. The molecule has 3 heteroatoms. The van der Waals surface area contributed by atoms with Crippen LogP contribution in [0, 0.1) is 11.8 Å². The molecule has 6 rings (SSSR count). The zero-order valence-electron chi connectivity index (χ0n) is 34.0. The highest BCUT2D eigenvalue weighted by atomic mass is 16.1. The van der Waals surface area contributed by atoms with E-state index in [1.807, 2.05) is 30.3 Å². The van der Waals surface area contributed by atoms with E-state index in [9.17, 15) is 4.79 Å². The van der Waals surface area contributed by atoms with Crippen molar-refractivity contribution in [1.82, 2.24) is 0 Å². The Labute approximate surface area is 337 Å². The van der Waals surface area contributed by atoms with Gasteiger partial charge in [0.25, 0.3) is 0 Å². The lowest BCUT2D eigenvalue weighted by Gasteiger charge is -2.27. The Bertz CT molecular complexity index is 1970. The molecule has 0 saturated heterocycles. The molecule has 2 atom stereocenters. The third-order valence-electron chi connectivity index (χ3n) is 11.4. The summed E-state index contributed by atoms with van der Waals surface area (Å²) in [6.07, 6.45) is 13.4. The second-order valence-electron chi connectivity index (χ2n) is 15.4. The van der Waals surface area contributed by atoms with Gasteiger partial charge in [-0.1, -0.05) is 146 Å². The molecule has 0 bridgehead atoms. The van der Waals surface area contributed by atoms with Gasteiger partial charge in [0.05, 0.1) is 0 Å². The van der Waals surface area contributed by atoms with Crippen molar-refractivity contribution in [3.05, 3.63) is 168 Å². The molecule has 56 heavy (non-hydrogen) atoms. The first-order chi connectivity index (χ1) is 27.5. The van der Waals surface area contributed by atoms with Gasteiger partial charge in [-0.25, -0.2) is 0 Å². The van der Waals surface area contributed by atoms with Crippen LogP contribution in [0.1, 0.15) is 101 Å². The Hall–Kier alpha value is -5.41. The number of hydrogen-bond donors (Lipinski definition) is 0. The number of unbranched alkanes of at least 4 members (excludes halogenated alkanes) is 2. The summed E-state index contributed by atoms with van der Waals surface area (Å²) in [7, 11) is 0. The lowest BCUT2D eigenvalue weighted by atomic mass is 9.91. The van der Waals surface area contributed by atoms with Gasteiger partial charge in [0.15, 0.2) is 0 Å². The van der Waals surface area contributed by atoms with Gasteiger partial charge in [-0.3, -0.25) is 4.79 Å². The van der Waals surface area contributed by atoms with Crippen molar-refractivity contribution < 1.29 is 4.79 Å². The molecule has 3 nitrogen and oxygen atoms in total. The molecule has 0 aliphatic carbocycles. The molecule has 0 fully saturated rings. The van der Waals surface area contributed by atoms with Crippen molar-refractivity contribution in [1.29, 1.82) is 0 Å². The van der Waals surface area contributed by atoms with Crippen molar-refractivity contribution >= 4 is 40.4 Å². The van der Waals surface area contributed by atoms with Crippen LogP contribution in [-0.4, -0.2) is 6.29 Å². The van der Waals surface area contributed by atoms with Gasteiger partial charge < -0.3 is 9.80 Å². The number of rotatable bonds is 20. The molecule has 0 radical (unpaired) electrons. The molecule has 0 N–H and O–H groups in total. The van der Waals surface area contributed by atoms with Crippen LogP contribution in [0.5, 0.6) is 0 Å². The van der Waals surface area contributed by atoms with E-state index in [-0.39, 0.29) is 0 Å². The number of carbonyl (C=O) groups is 1. The highest BCUT2D eigenvalue weighted by Gasteiger charge is 2.16. The summed E-state index contributed by atoms with van der Waals surface area (Å²) < 4.78 is 0. The second-order valence-corrected chi connectivity index (χ2v) is 15.4. The molecule has 0 aromatic heterocycles. The first-order valence-electron chi connectivity index (χ1n) is 21.1. The lowest BCUT2D eigenvalue weighted by Crippen LogP contribution is -2.11. The summed E-state index contributed by atoms with van der Waals surface area (Å²) in [5.74, 6) is 1.48. The molecule has 0 spiro atoms. The number of anilines is 6. The average Bonchev–Trinajstić information content (AvgIpc) is 3.26. The van der Waals surface area contributed by atoms with Crippen molar-refractivity contribution in [3.8, 4) is 11.1 Å². The third kappa shape index (κ3) is 10.5. The Morgan fingerprint density at radius 3 is 1.11 bits per heavy atom. The first kappa shape index (κ1) is 40.3. The Kier molecular flexibility index (Phi) is 14.7. The lowest BCUT2D eigenvalue weighted by molar-refractivity contribution is 0.112. The Balaban J connectivity index is 1.27. The number of para-hydroxylation sites is 1. The highest BCUT2D eigenvalue weighted by molar-refractivity contribution is 5.82. The van der Waals surface area contributed by atoms with Gasteiger partial charge in [0, 0.05) is 39.7 Å². The normalized spacial score (nSPS) is 12.2. The SMILES string of the molecule is CCCCC(CC)Cc1ccc(N(c2ccc(CC(CC)CCCC)cc2)c2ccc(-c3ccc(N(c4ccccc4)c4ccc(C=O)cc4)cc3)cc2)cc1. The van der Waals surface area contributed by atoms with E-state index in [1.54, 1.807) is 0 Å². The van der Waals surface area contributed by atoms with E-state index >= 15 is 0 Å². The van der Waals surface area contributed by atoms with Crippen molar-refractivity contribution in [2.45, 2.75) is 91.9 Å². The largest absolute Gasteiger partial charge is 0.311 e. The maximum Gasteiger partial charge on any atom is 0.150 e. The fourth-order valence-corrected chi connectivity index (χ4v) is 7.89. The monoisotopic (exact) mass is 740 g/mol. The molecule has 0 aliphatic rings.